The van der Waals surface area contributed by atoms with Gasteiger partial charge in [0, 0.05) is 14.1 Å². The molecule has 0 aliphatic heterocycles. The Morgan fingerprint density at radius 1 is 1.25 bits per heavy atom. The number of rotatable bonds is 6. The molecule has 0 spiro atoms. The average Bonchev–Trinajstić information content (AvgIpc) is 2.24. The first-order chi connectivity index (χ1) is 7.43. The second-order valence-electron chi connectivity index (χ2n) is 3.78. The van der Waals surface area contributed by atoms with Crippen LogP contribution in [0.1, 0.15) is 20.8 Å². The van der Waals surface area contributed by atoms with Crippen LogP contribution in [0.4, 0.5) is 0 Å². The molecule has 0 aliphatic rings. The second kappa shape index (κ2) is 7.22. The quantitative estimate of drug-likeness (QED) is 0.618. The fraction of sp³-hybridized carbons (Fsp3) is 0.818. The highest BCUT2D eigenvalue weighted by atomic mass is 16.5. The SMILES string of the molecule is CCOC(=O)C(C)N(CC)CC(=O)N(C)C. The standard InChI is InChI=1S/C11H22N2O3/c1-6-13(8-10(14)12(4)5)9(3)11(15)16-7-2/h9H,6-8H2,1-5H3. The molecule has 0 saturated heterocycles. The lowest BCUT2D eigenvalue weighted by Crippen LogP contribution is -2.45. The molecule has 0 rings (SSSR count). The van der Waals surface area contributed by atoms with E-state index in [1.807, 2.05) is 6.92 Å². The number of hydrogen-bond donors (Lipinski definition) is 0. The molecule has 0 aromatic rings. The third kappa shape index (κ3) is 4.61. The van der Waals surface area contributed by atoms with Gasteiger partial charge in [-0.1, -0.05) is 6.92 Å². The Kier molecular flexibility index (Phi) is 6.72. The van der Waals surface area contributed by atoms with Gasteiger partial charge in [-0.25, -0.2) is 0 Å². The molecule has 0 saturated carbocycles. The Labute approximate surface area is 97.3 Å². The zero-order valence-electron chi connectivity index (χ0n) is 10.8. The van der Waals surface area contributed by atoms with Crippen LogP contribution in [0.5, 0.6) is 0 Å². The maximum absolute atomic E-state index is 11.5. The van der Waals surface area contributed by atoms with E-state index in [0.29, 0.717) is 13.2 Å². The Hall–Kier alpha value is -1.10. The number of amides is 1. The van der Waals surface area contributed by atoms with Crippen LogP contribution in [0.25, 0.3) is 0 Å². The van der Waals surface area contributed by atoms with Gasteiger partial charge in [0.25, 0.3) is 0 Å². The first kappa shape index (κ1) is 14.9. The van der Waals surface area contributed by atoms with Gasteiger partial charge in [-0.2, -0.15) is 0 Å². The first-order valence-corrected chi connectivity index (χ1v) is 5.54. The molecular weight excluding hydrogens is 208 g/mol. The Morgan fingerprint density at radius 3 is 2.19 bits per heavy atom. The zero-order chi connectivity index (χ0) is 12.7. The van der Waals surface area contributed by atoms with Crippen molar-refractivity contribution in [2.24, 2.45) is 0 Å². The van der Waals surface area contributed by atoms with Crippen LogP contribution in [0.2, 0.25) is 0 Å². The lowest BCUT2D eigenvalue weighted by molar-refractivity contribution is -0.149. The van der Waals surface area contributed by atoms with Crippen LogP contribution in [-0.2, 0) is 14.3 Å². The predicted octanol–water partition coefficient (Wildman–Crippen LogP) is 0.348. The summed E-state index contributed by atoms with van der Waals surface area (Å²) in [5.41, 5.74) is 0. The number of esters is 1. The molecule has 0 fully saturated rings. The number of ether oxygens (including phenoxy) is 1. The number of likely N-dealkylation sites (N-methyl/N-ethyl adjacent to an activating group) is 2. The Bertz CT molecular complexity index is 241. The van der Waals surface area contributed by atoms with Crippen molar-refractivity contribution in [1.29, 1.82) is 0 Å². The number of nitrogens with zero attached hydrogens (tertiary/aromatic N) is 2. The molecule has 0 heterocycles. The van der Waals surface area contributed by atoms with Crippen molar-refractivity contribution in [3.8, 4) is 0 Å². The summed E-state index contributed by atoms with van der Waals surface area (Å²) >= 11 is 0. The van der Waals surface area contributed by atoms with Gasteiger partial charge >= 0.3 is 5.97 Å². The van der Waals surface area contributed by atoms with Crippen LogP contribution >= 0.6 is 0 Å². The van der Waals surface area contributed by atoms with Crippen LogP contribution in [0.15, 0.2) is 0 Å². The van der Waals surface area contributed by atoms with Crippen molar-refractivity contribution >= 4 is 11.9 Å². The van der Waals surface area contributed by atoms with E-state index < -0.39 is 0 Å². The third-order valence-electron chi connectivity index (χ3n) is 2.42. The van der Waals surface area contributed by atoms with Crippen LogP contribution in [0.3, 0.4) is 0 Å². The van der Waals surface area contributed by atoms with Crippen molar-refractivity contribution in [3.63, 3.8) is 0 Å². The zero-order valence-corrected chi connectivity index (χ0v) is 10.8. The maximum atomic E-state index is 11.5. The minimum absolute atomic E-state index is 0.0157. The molecular formula is C11H22N2O3. The van der Waals surface area contributed by atoms with Crippen LogP contribution in [-0.4, -0.2) is 61.5 Å². The fourth-order valence-electron chi connectivity index (χ4n) is 1.25. The topological polar surface area (TPSA) is 49.9 Å². The van der Waals surface area contributed by atoms with Crippen LogP contribution in [0, 0.1) is 0 Å². The van der Waals surface area contributed by atoms with E-state index in [1.54, 1.807) is 32.8 Å². The molecule has 94 valence electrons. The summed E-state index contributed by atoms with van der Waals surface area (Å²) < 4.78 is 4.92. The van der Waals surface area contributed by atoms with Gasteiger partial charge in [-0.05, 0) is 20.4 Å². The normalized spacial score (nSPS) is 12.4. The van der Waals surface area contributed by atoms with Crippen LogP contribution < -0.4 is 0 Å². The van der Waals surface area contributed by atoms with E-state index in [0.717, 1.165) is 0 Å². The molecule has 5 heteroatoms. The van der Waals surface area contributed by atoms with E-state index in [1.165, 1.54) is 4.90 Å². The van der Waals surface area contributed by atoms with Gasteiger partial charge in [0.2, 0.25) is 5.91 Å². The molecule has 0 bridgehead atoms. The minimum atomic E-state index is -0.381. The summed E-state index contributed by atoms with van der Waals surface area (Å²) in [7, 11) is 3.40. The second-order valence-corrected chi connectivity index (χ2v) is 3.78. The molecule has 0 aromatic heterocycles. The Balaban J connectivity index is 4.37. The minimum Gasteiger partial charge on any atom is -0.465 e. The van der Waals surface area contributed by atoms with E-state index >= 15 is 0 Å². The van der Waals surface area contributed by atoms with Gasteiger partial charge in [-0.15, -0.1) is 0 Å². The summed E-state index contributed by atoms with van der Waals surface area (Å²) in [4.78, 5) is 26.3. The first-order valence-electron chi connectivity index (χ1n) is 5.54. The van der Waals surface area contributed by atoms with Crippen molar-refractivity contribution in [2.45, 2.75) is 26.8 Å². The van der Waals surface area contributed by atoms with Crippen molar-refractivity contribution in [2.75, 3.05) is 33.8 Å². The highest BCUT2D eigenvalue weighted by Crippen LogP contribution is 2.02. The van der Waals surface area contributed by atoms with Crippen molar-refractivity contribution < 1.29 is 14.3 Å². The van der Waals surface area contributed by atoms with E-state index in [4.69, 9.17) is 4.74 Å². The summed E-state index contributed by atoms with van der Waals surface area (Å²) in [5.74, 6) is -0.297. The van der Waals surface area contributed by atoms with E-state index in [9.17, 15) is 9.59 Å². The monoisotopic (exact) mass is 230 g/mol. The smallest absolute Gasteiger partial charge is 0.323 e. The summed E-state index contributed by atoms with van der Waals surface area (Å²) in [6.45, 7) is 6.68. The Morgan fingerprint density at radius 2 is 1.81 bits per heavy atom. The van der Waals surface area contributed by atoms with Crippen molar-refractivity contribution in [1.82, 2.24) is 9.80 Å². The third-order valence-corrected chi connectivity index (χ3v) is 2.42. The summed E-state index contributed by atoms with van der Waals surface area (Å²) in [6.07, 6.45) is 0. The molecule has 5 nitrogen and oxygen atoms in total. The molecule has 1 amide bonds. The predicted molar refractivity (Wildman–Crippen MR) is 62.0 cm³/mol. The van der Waals surface area contributed by atoms with Gasteiger partial charge in [0.05, 0.1) is 13.2 Å². The number of hydrogen-bond acceptors (Lipinski definition) is 4. The summed E-state index contributed by atoms with van der Waals surface area (Å²) in [6, 6.07) is -0.381. The summed E-state index contributed by atoms with van der Waals surface area (Å²) in [5, 5.41) is 0. The largest absolute Gasteiger partial charge is 0.465 e. The van der Waals surface area contributed by atoms with E-state index in [2.05, 4.69) is 0 Å². The molecule has 0 radical (unpaired) electrons. The average molecular weight is 230 g/mol. The highest BCUT2D eigenvalue weighted by Gasteiger charge is 2.23. The molecule has 1 atom stereocenters. The van der Waals surface area contributed by atoms with Gasteiger partial charge in [0.1, 0.15) is 6.04 Å². The molecule has 1 unspecified atom stereocenters. The lowest BCUT2D eigenvalue weighted by Gasteiger charge is -2.26. The van der Waals surface area contributed by atoms with E-state index in [-0.39, 0.29) is 24.5 Å². The fourth-order valence-corrected chi connectivity index (χ4v) is 1.25. The van der Waals surface area contributed by atoms with Crippen molar-refractivity contribution in [3.05, 3.63) is 0 Å². The molecule has 0 aliphatic carbocycles. The van der Waals surface area contributed by atoms with Gasteiger partial charge in [0.15, 0.2) is 0 Å². The lowest BCUT2D eigenvalue weighted by atomic mass is 10.2. The molecule has 16 heavy (non-hydrogen) atoms. The number of carbonyl (C=O) groups is 2. The molecule has 0 aromatic carbocycles. The molecule has 0 N–H and O–H groups in total. The number of carbonyl (C=O) groups excluding carboxylic acids is 2. The highest BCUT2D eigenvalue weighted by molar-refractivity contribution is 5.80. The maximum Gasteiger partial charge on any atom is 0.323 e. The van der Waals surface area contributed by atoms with Gasteiger partial charge in [-0.3, -0.25) is 14.5 Å². The van der Waals surface area contributed by atoms with Gasteiger partial charge < -0.3 is 9.64 Å².